The van der Waals surface area contributed by atoms with Crippen molar-refractivity contribution in [2.75, 3.05) is 7.11 Å². The van der Waals surface area contributed by atoms with Crippen LogP contribution in [0.2, 0.25) is 0 Å². The average Bonchev–Trinajstić information content (AvgIpc) is 2.03. The zero-order valence-electron chi connectivity index (χ0n) is 6.46. The van der Waals surface area contributed by atoms with Crippen LogP contribution in [0.25, 0.3) is 0 Å². The minimum Gasteiger partial charge on any atom is -0.466 e. The van der Waals surface area contributed by atoms with Crippen molar-refractivity contribution >= 4 is 5.97 Å². The van der Waals surface area contributed by atoms with Gasteiger partial charge in [-0.2, -0.15) is 0 Å². The van der Waals surface area contributed by atoms with E-state index in [1.54, 1.807) is 6.08 Å². The Morgan fingerprint density at radius 1 is 1.73 bits per heavy atom. The number of carbonyl (C=O) groups is 1. The minimum atomic E-state index is -0.277. The van der Waals surface area contributed by atoms with Crippen LogP contribution in [0.5, 0.6) is 0 Å². The Morgan fingerprint density at radius 3 is 3.00 bits per heavy atom. The summed E-state index contributed by atoms with van der Waals surface area (Å²) in [6.07, 6.45) is 5.11. The molecule has 0 aromatic heterocycles. The third kappa shape index (κ3) is 1.83. The third-order valence-corrected chi connectivity index (χ3v) is 1.58. The van der Waals surface area contributed by atoms with Crippen LogP contribution in [-0.4, -0.2) is 13.1 Å². The summed E-state index contributed by atoms with van der Waals surface area (Å²) in [4.78, 5) is 10.9. The molecule has 0 aliphatic heterocycles. The molecule has 0 aromatic rings. The van der Waals surface area contributed by atoms with Crippen molar-refractivity contribution in [1.82, 2.24) is 0 Å². The van der Waals surface area contributed by atoms with Gasteiger partial charge in [-0.1, -0.05) is 6.08 Å². The van der Waals surface area contributed by atoms with Gasteiger partial charge >= 0.3 is 5.97 Å². The molecule has 0 amide bonds. The summed E-state index contributed by atoms with van der Waals surface area (Å²) in [5, 5.41) is 0. The first-order chi connectivity index (χ1) is 5.24. The molecule has 60 valence electrons. The molecule has 1 aliphatic carbocycles. The van der Waals surface area contributed by atoms with Gasteiger partial charge in [0.25, 0.3) is 0 Å². The summed E-state index contributed by atoms with van der Waals surface area (Å²) in [5.41, 5.74) is 6.80. The van der Waals surface area contributed by atoms with E-state index >= 15 is 0 Å². The van der Waals surface area contributed by atoms with E-state index in [2.05, 4.69) is 4.74 Å². The van der Waals surface area contributed by atoms with Gasteiger partial charge in [0.15, 0.2) is 0 Å². The number of hydrogen-bond acceptors (Lipinski definition) is 3. The molecule has 0 fully saturated rings. The summed E-state index contributed by atoms with van der Waals surface area (Å²) in [6.45, 7) is 0. The average molecular weight is 153 g/mol. The molecule has 0 unspecified atom stereocenters. The smallest absolute Gasteiger partial charge is 0.333 e. The number of carbonyl (C=O) groups excluding carboxylic acids is 1. The van der Waals surface area contributed by atoms with E-state index in [9.17, 15) is 4.79 Å². The van der Waals surface area contributed by atoms with E-state index in [-0.39, 0.29) is 5.97 Å². The molecule has 0 radical (unpaired) electrons. The van der Waals surface area contributed by atoms with Crippen molar-refractivity contribution in [1.29, 1.82) is 0 Å². The number of allylic oxidation sites excluding steroid dienone is 2. The molecule has 0 atom stereocenters. The Labute approximate surface area is 65.5 Å². The van der Waals surface area contributed by atoms with Gasteiger partial charge in [0, 0.05) is 11.3 Å². The lowest BCUT2D eigenvalue weighted by Gasteiger charge is -2.08. The standard InChI is InChI=1S/C8H11NO2/c1-11-8(10)6-3-2-4-7(9)5-6/h4-5H,2-3,9H2,1H3. The Morgan fingerprint density at radius 2 is 2.45 bits per heavy atom. The highest BCUT2D eigenvalue weighted by molar-refractivity contribution is 5.89. The highest BCUT2D eigenvalue weighted by atomic mass is 16.5. The normalized spacial score (nSPS) is 16.8. The molecule has 0 aromatic carbocycles. The fourth-order valence-corrected chi connectivity index (χ4v) is 1.02. The predicted octanol–water partition coefficient (Wildman–Crippen LogP) is 0.722. The topological polar surface area (TPSA) is 52.3 Å². The van der Waals surface area contributed by atoms with Crippen LogP contribution in [0.3, 0.4) is 0 Å². The van der Waals surface area contributed by atoms with Crippen molar-refractivity contribution < 1.29 is 9.53 Å². The Hall–Kier alpha value is -1.25. The van der Waals surface area contributed by atoms with Crippen LogP contribution in [0.4, 0.5) is 0 Å². The number of esters is 1. The van der Waals surface area contributed by atoms with Crippen LogP contribution in [-0.2, 0) is 9.53 Å². The van der Waals surface area contributed by atoms with E-state index < -0.39 is 0 Å². The van der Waals surface area contributed by atoms with E-state index in [1.165, 1.54) is 7.11 Å². The molecule has 0 bridgehead atoms. The third-order valence-electron chi connectivity index (χ3n) is 1.58. The highest BCUT2D eigenvalue weighted by Gasteiger charge is 2.11. The molecule has 1 aliphatic rings. The largest absolute Gasteiger partial charge is 0.466 e. The molecule has 2 N–H and O–H groups in total. The highest BCUT2D eigenvalue weighted by Crippen LogP contribution is 2.15. The maximum atomic E-state index is 10.9. The first-order valence-corrected chi connectivity index (χ1v) is 3.48. The predicted molar refractivity (Wildman–Crippen MR) is 41.6 cm³/mol. The summed E-state index contributed by atoms with van der Waals surface area (Å²) in [5.74, 6) is -0.277. The van der Waals surface area contributed by atoms with Gasteiger partial charge in [-0.05, 0) is 18.9 Å². The minimum absolute atomic E-state index is 0.277. The maximum absolute atomic E-state index is 10.9. The molecule has 0 saturated heterocycles. The van der Waals surface area contributed by atoms with Crippen LogP contribution in [0.15, 0.2) is 23.4 Å². The second kappa shape index (κ2) is 3.23. The molecule has 0 heterocycles. The molecule has 3 heteroatoms. The monoisotopic (exact) mass is 153 g/mol. The molecule has 1 rings (SSSR count). The first kappa shape index (κ1) is 7.85. The lowest BCUT2D eigenvalue weighted by atomic mass is 10.0. The second-order valence-corrected chi connectivity index (χ2v) is 2.40. The summed E-state index contributed by atoms with van der Waals surface area (Å²) < 4.78 is 4.55. The maximum Gasteiger partial charge on any atom is 0.333 e. The van der Waals surface area contributed by atoms with Crippen LogP contribution >= 0.6 is 0 Å². The Bertz CT molecular complexity index is 228. The lowest BCUT2D eigenvalue weighted by molar-refractivity contribution is -0.136. The Kier molecular flexibility index (Phi) is 2.31. The van der Waals surface area contributed by atoms with Crippen molar-refractivity contribution in [2.45, 2.75) is 12.8 Å². The van der Waals surface area contributed by atoms with Gasteiger partial charge in [0.1, 0.15) is 0 Å². The summed E-state index contributed by atoms with van der Waals surface area (Å²) in [6, 6.07) is 0. The van der Waals surface area contributed by atoms with Gasteiger partial charge in [0.05, 0.1) is 7.11 Å². The summed E-state index contributed by atoms with van der Waals surface area (Å²) in [7, 11) is 1.37. The quantitative estimate of drug-likeness (QED) is 0.565. The SMILES string of the molecule is COC(=O)C1=CC(N)=CCC1. The van der Waals surface area contributed by atoms with Gasteiger partial charge in [-0.3, -0.25) is 0 Å². The van der Waals surface area contributed by atoms with Crippen LogP contribution in [0, 0.1) is 0 Å². The Balaban J connectivity index is 2.73. The van der Waals surface area contributed by atoms with Crippen LogP contribution in [0.1, 0.15) is 12.8 Å². The molecule has 11 heavy (non-hydrogen) atoms. The summed E-state index contributed by atoms with van der Waals surface area (Å²) >= 11 is 0. The van der Waals surface area contributed by atoms with E-state index in [4.69, 9.17) is 5.73 Å². The molecule has 0 spiro atoms. The van der Waals surface area contributed by atoms with Gasteiger partial charge in [0.2, 0.25) is 0 Å². The molecular weight excluding hydrogens is 142 g/mol. The van der Waals surface area contributed by atoms with Gasteiger partial charge in [-0.25, -0.2) is 4.79 Å². The van der Waals surface area contributed by atoms with Gasteiger partial charge in [-0.15, -0.1) is 0 Å². The zero-order chi connectivity index (χ0) is 8.27. The van der Waals surface area contributed by atoms with Crippen molar-refractivity contribution in [3.05, 3.63) is 23.4 Å². The number of rotatable bonds is 1. The first-order valence-electron chi connectivity index (χ1n) is 3.48. The molecular formula is C8H11NO2. The van der Waals surface area contributed by atoms with E-state index in [1.807, 2.05) is 6.08 Å². The molecule has 3 nitrogen and oxygen atoms in total. The van der Waals surface area contributed by atoms with E-state index in [0.29, 0.717) is 11.3 Å². The van der Waals surface area contributed by atoms with Gasteiger partial charge < -0.3 is 10.5 Å². The number of ether oxygens (including phenoxy) is 1. The lowest BCUT2D eigenvalue weighted by Crippen LogP contribution is -2.09. The fraction of sp³-hybridized carbons (Fsp3) is 0.375. The number of nitrogens with two attached hydrogens (primary N) is 1. The van der Waals surface area contributed by atoms with Crippen molar-refractivity contribution in [2.24, 2.45) is 5.73 Å². The van der Waals surface area contributed by atoms with Crippen molar-refractivity contribution in [3.63, 3.8) is 0 Å². The zero-order valence-corrected chi connectivity index (χ0v) is 6.46. The fourth-order valence-electron chi connectivity index (χ4n) is 1.02. The second-order valence-electron chi connectivity index (χ2n) is 2.40. The van der Waals surface area contributed by atoms with Crippen molar-refractivity contribution in [3.8, 4) is 0 Å². The van der Waals surface area contributed by atoms with Crippen LogP contribution < -0.4 is 5.73 Å². The van der Waals surface area contributed by atoms with E-state index in [0.717, 1.165) is 12.8 Å². The number of methoxy groups -OCH3 is 1. The number of hydrogen-bond donors (Lipinski definition) is 1. The molecule has 0 saturated carbocycles.